The van der Waals surface area contributed by atoms with Crippen LogP contribution in [0, 0.1) is 10.1 Å². The zero-order chi connectivity index (χ0) is 11.9. The van der Waals surface area contributed by atoms with Crippen LogP contribution in [-0.2, 0) is 4.79 Å². The molecule has 0 aromatic heterocycles. The second-order valence-electron chi connectivity index (χ2n) is 3.45. The van der Waals surface area contributed by atoms with Gasteiger partial charge in [-0.25, -0.2) is 0 Å². The van der Waals surface area contributed by atoms with Crippen molar-refractivity contribution in [2.24, 2.45) is 5.73 Å². The Morgan fingerprint density at radius 1 is 1.56 bits per heavy atom. The fraction of sp³-hybridized carbons (Fsp3) is 0.222. The van der Waals surface area contributed by atoms with E-state index in [0.717, 1.165) is 0 Å². The van der Waals surface area contributed by atoms with Crippen molar-refractivity contribution >= 4 is 28.9 Å². The number of hydrogen-bond donors (Lipinski definition) is 1. The van der Waals surface area contributed by atoms with E-state index in [1.54, 1.807) is 6.07 Å². The Morgan fingerprint density at radius 2 is 2.25 bits per heavy atom. The second-order valence-corrected chi connectivity index (χ2v) is 3.86. The molecule has 0 radical (unpaired) electrons. The lowest BCUT2D eigenvalue weighted by atomic mass is 10.1. The van der Waals surface area contributed by atoms with Crippen molar-refractivity contribution in [3.05, 3.63) is 33.3 Å². The Kier molecular flexibility index (Phi) is 2.53. The third kappa shape index (κ3) is 1.62. The van der Waals surface area contributed by atoms with E-state index in [9.17, 15) is 14.9 Å². The van der Waals surface area contributed by atoms with Gasteiger partial charge in [0, 0.05) is 6.07 Å². The topological polar surface area (TPSA) is 89.5 Å². The first kappa shape index (κ1) is 10.8. The summed E-state index contributed by atoms with van der Waals surface area (Å²) in [5.74, 6) is -0.239. The summed E-state index contributed by atoms with van der Waals surface area (Å²) in [6.07, 6.45) is 0. The van der Waals surface area contributed by atoms with Gasteiger partial charge in [-0.1, -0.05) is 11.6 Å². The van der Waals surface area contributed by atoms with Crippen LogP contribution in [0.15, 0.2) is 18.2 Å². The summed E-state index contributed by atoms with van der Waals surface area (Å²) in [6.45, 7) is 0.373. The minimum absolute atomic E-state index is 0.0472. The number of nitrogens with zero attached hydrogens (tertiary/aromatic N) is 2. The standard InChI is InChI=1S/C9H8ClN3O3/c10-6-2-1-5(3-8(6)13(15)16)12-4-7(11)9(12)14/h1-3,7H,4,11H2. The Labute approximate surface area is 95.7 Å². The van der Waals surface area contributed by atoms with E-state index in [1.165, 1.54) is 17.0 Å². The second kappa shape index (κ2) is 3.73. The van der Waals surface area contributed by atoms with Crippen molar-refractivity contribution in [2.75, 3.05) is 11.4 Å². The van der Waals surface area contributed by atoms with E-state index in [-0.39, 0.29) is 16.6 Å². The van der Waals surface area contributed by atoms with Crippen molar-refractivity contribution in [3.63, 3.8) is 0 Å². The van der Waals surface area contributed by atoms with E-state index >= 15 is 0 Å². The molecule has 0 spiro atoms. The van der Waals surface area contributed by atoms with Crippen LogP contribution in [0.2, 0.25) is 5.02 Å². The van der Waals surface area contributed by atoms with Crippen molar-refractivity contribution in [1.29, 1.82) is 0 Å². The molecule has 1 aliphatic rings. The molecule has 16 heavy (non-hydrogen) atoms. The quantitative estimate of drug-likeness (QED) is 0.474. The van der Waals surface area contributed by atoms with Gasteiger partial charge < -0.3 is 10.6 Å². The number of halogens is 1. The van der Waals surface area contributed by atoms with Gasteiger partial charge in [0.25, 0.3) is 5.69 Å². The average Bonchev–Trinajstić information content (AvgIpc) is 2.26. The van der Waals surface area contributed by atoms with Crippen LogP contribution in [0.4, 0.5) is 11.4 Å². The summed E-state index contributed by atoms with van der Waals surface area (Å²) in [6, 6.07) is 3.71. The van der Waals surface area contributed by atoms with Crippen molar-refractivity contribution in [1.82, 2.24) is 0 Å². The number of carbonyl (C=O) groups excluding carboxylic acids is 1. The maximum Gasteiger partial charge on any atom is 0.289 e. The predicted molar refractivity (Wildman–Crippen MR) is 58.4 cm³/mol. The zero-order valence-electron chi connectivity index (χ0n) is 8.09. The zero-order valence-corrected chi connectivity index (χ0v) is 8.85. The highest BCUT2D eigenvalue weighted by Gasteiger charge is 2.35. The van der Waals surface area contributed by atoms with Crippen LogP contribution >= 0.6 is 11.6 Å². The first-order chi connectivity index (χ1) is 7.50. The van der Waals surface area contributed by atoms with Crippen LogP contribution in [0.5, 0.6) is 0 Å². The van der Waals surface area contributed by atoms with Gasteiger partial charge in [0.15, 0.2) is 0 Å². The number of anilines is 1. The monoisotopic (exact) mass is 241 g/mol. The molecule has 1 heterocycles. The molecular formula is C9H8ClN3O3. The molecule has 1 fully saturated rings. The van der Waals surface area contributed by atoms with E-state index in [1.807, 2.05) is 0 Å². The lowest BCUT2D eigenvalue weighted by Gasteiger charge is -2.35. The molecule has 0 bridgehead atoms. The summed E-state index contributed by atoms with van der Waals surface area (Å²) in [4.78, 5) is 22.8. The number of benzene rings is 1. The molecule has 84 valence electrons. The van der Waals surface area contributed by atoms with Crippen LogP contribution in [0.3, 0.4) is 0 Å². The molecule has 7 heteroatoms. The molecule has 1 aromatic rings. The smallest absolute Gasteiger partial charge is 0.289 e. The molecular weight excluding hydrogens is 234 g/mol. The Bertz CT molecular complexity index is 477. The van der Waals surface area contributed by atoms with Crippen LogP contribution < -0.4 is 10.6 Å². The number of nitrogens with two attached hydrogens (primary N) is 1. The Balaban J connectivity index is 2.34. The van der Waals surface area contributed by atoms with Gasteiger partial charge in [-0.2, -0.15) is 0 Å². The maximum atomic E-state index is 11.3. The Morgan fingerprint density at radius 3 is 2.75 bits per heavy atom. The normalized spacial score (nSPS) is 19.5. The molecule has 1 aromatic carbocycles. The van der Waals surface area contributed by atoms with E-state index < -0.39 is 11.0 Å². The summed E-state index contributed by atoms with van der Waals surface area (Å²) in [5, 5.41) is 10.7. The SMILES string of the molecule is NC1CN(c2ccc(Cl)c([N+](=O)[O-])c2)C1=O. The fourth-order valence-electron chi connectivity index (χ4n) is 1.49. The van der Waals surface area contributed by atoms with Gasteiger partial charge in [0.2, 0.25) is 5.91 Å². The van der Waals surface area contributed by atoms with E-state index in [0.29, 0.717) is 12.2 Å². The molecule has 2 rings (SSSR count). The highest BCUT2D eigenvalue weighted by Crippen LogP contribution is 2.31. The van der Waals surface area contributed by atoms with E-state index in [2.05, 4.69) is 0 Å². The molecule has 1 unspecified atom stereocenters. The number of hydrogen-bond acceptors (Lipinski definition) is 4. The lowest BCUT2D eigenvalue weighted by molar-refractivity contribution is -0.384. The highest BCUT2D eigenvalue weighted by atomic mass is 35.5. The summed E-state index contributed by atoms with van der Waals surface area (Å²) < 4.78 is 0. The molecule has 0 saturated carbocycles. The molecule has 1 aliphatic heterocycles. The van der Waals surface area contributed by atoms with Crippen molar-refractivity contribution in [2.45, 2.75) is 6.04 Å². The van der Waals surface area contributed by atoms with Gasteiger partial charge in [-0.05, 0) is 12.1 Å². The molecule has 0 aliphatic carbocycles. The fourth-order valence-corrected chi connectivity index (χ4v) is 1.68. The van der Waals surface area contributed by atoms with Crippen LogP contribution in [-0.4, -0.2) is 23.4 Å². The van der Waals surface area contributed by atoms with Gasteiger partial charge >= 0.3 is 0 Å². The third-order valence-electron chi connectivity index (χ3n) is 2.40. The lowest BCUT2D eigenvalue weighted by Crippen LogP contribution is -2.61. The first-order valence-electron chi connectivity index (χ1n) is 4.51. The molecule has 1 saturated heterocycles. The maximum absolute atomic E-state index is 11.3. The number of nitro groups is 1. The molecule has 1 atom stereocenters. The number of carbonyl (C=O) groups is 1. The molecule has 2 N–H and O–H groups in total. The average molecular weight is 242 g/mol. The Hall–Kier alpha value is -1.66. The van der Waals surface area contributed by atoms with Gasteiger partial charge in [0.05, 0.1) is 17.2 Å². The minimum atomic E-state index is -0.587. The third-order valence-corrected chi connectivity index (χ3v) is 2.72. The summed E-state index contributed by atoms with van der Waals surface area (Å²) in [5.41, 5.74) is 5.66. The van der Waals surface area contributed by atoms with Crippen molar-refractivity contribution in [3.8, 4) is 0 Å². The van der Waals surface area contributed by atoms with Gasteiger partial charge in [-0.3, -0.25) is 14.9 Å². The largest absolute Gasteiger partial charge is 0.318 e. The number of nitro benzene ring substituents is 1. The van der Waals surface area contributed by atoms with Crippen molar-refractivity contribution < 1.29 is 9.72 Å². The summed E-state index contributed by atoms with van der Waals surface area (Å²) >= 11 is 5.65. The predicted octanol–water partition coefficient (Wildman–Crippen LogP) is 0.922. The summed E-state index contributed by atoms with van der Waals surface area (Å²) in [7, 11) is 0. The molecule has 1 amide bonds. The molecule has 6 nitrogen and oxygen atoms in total. The van der Waals surface area contributed by atoms with E-state index in [4.69, 9.17) is 17.3 Å². The van der Waals surface area contributed by atoms with Crippen LogP contribution in [0.25, 0.3) is 0 Å². The van der Waals surface area contributed by atoms with Gasteiger partial charge in [-0.15, -0.1) is 0 Å². The highest BCUT2D eigenvalue weighted by molar-refractivity contribution is 6.32. The number of β-lactam (4-membered cyclic amide) rings is 1. The first-order valence-corrected chi connectivity index (χ1v) is 4.89. The van der Waals surface area contributed by atoms with Gasteiger partial charge in [0.1, 0.15) is 11.1 Å². The van der Waals surface area contributed by atoms with Crippen LogP contribution in [0.1, 0.15) is 0 Å². The minimum Gasteiger partial charge on any atom is -0.318 e. The number of amides is 1. The number of rotatable bonds is 2.